The van der Waals surface area contributed by atoms with Crippen LogP contribution in [0, 0.1) is 6.92 Å². The topological polar surface area (TPSA) is 28.7 Å². The average Bonchev–Trinajstić information content (AvgIpc) is 2.46. The Morgan fingerprint density at radius 2 is 2.21 bits per heavy atom. The summed E-state index contributed by atoms with van der Waals surface area (Å²) in [6, 6.07) is 3.47. The van der Waals surface area contributed by atoms with Crippen LogP contribution >= 0.6 is 0 Å². The van der Waals surface area contributed by atoms with Crippen LogP contribution in [-0.2, 0) is 6.42 Å². The molecule has 0 aliphatic heterocycles. The van der Waals surface area contributed by atoms with E-state index >= 15 is 0 Å². The van der Waals surface area contributed by atoms with Crippen LogP contribution in [0.5, 0.6) is 0 Å². The van der Waals surface area contributed by atoms with Crippen molar-refractivity contribution in [3.8, 4) is 0 Å². The van der Waals surface area contributed by atoms with Crippen molar-refractivity contribution in [2.45, 2.75) is 19.8 Å². The minimum atomic E-state index is -2.34. The van der Waals surface area contributed by atoms with Gasteiger partial charge in [-0.3, -0.25) is 0 Å². The second-order valence-electron chi connectivity index (χ2n) is 3.27. The van der Waals surface area contributed by atoms with Gasteiger partial charge in [-0.15, -0.1) is 0 Å². The van der Waals surface area contributed by atoms with Gasteiger partial charge in [0.05, 0.1) is 6.42 Å². The molecule has 0 saturated heterocycles. The van der Waals surface area contributed by atoms with Gasteiger partial charge in [0.2, 0.25) is 6.43 Å². The fraction of sp³-hybridized carbons (Fsp3) is 0.300. The maximum atomic E-state index is 12.1. The van der Waals surface area contributed by atoms with Crippen molar-refractivity contribution >= 4 is 11.0 Å². The molecular weight excluding hydrogens is 186 g/mol. The highest BCUT2D eigenvalue weighted by molar-refractivity contribution is 5.79. The molecule has 4 heteroatoms. The lowest BCUT2D eigenvalue weighted by Crippen LogP contribution is -1.99. The lowest BCUT2D eigenvalue weighted by atomic mass is 10.2. The molecule has 0 aliphatic carbocycles. The molecule has 2 aromatic rings. The number of nitrogens with zero attached hydrogens (tertiary/aromatic N) is 1. The highest BCUT2D eigenvalue weighted by Gasteiger charge is 2.07. The van der Waals surface area contributed by atoms with Crippen LogP contribution in [0.3, 0.4) is 0 Å². The Labute approximate surface area is 80.0 Å². The van der Waals surface area contributed by atoms with E-state index in [4.69, 9.17) is 0 Å². The van der Waals surface area contributed by atoms with Gasteiger partial charge >= 0.3 is 0 Å². The number of hydrogen-bond donors (Lipinski definition) is 1. The van der Waals surface area contributed by atoms with E-state index in [0.717, 1.165) is 10.9 Å². The number of alkyl halides is 2. The van der Waals surface area contributed by atoms with Crippen molar-refractivity contribution in [3.05, 3.63) is 29.6 Å². The van der Waals surface area contributed by atoms with Crippen LogP contribution in [0.4, 0.5) is 8.78 Å². The summed E-state index contributed by atoms with van der Waals surface area (Å²) in [5.41, 5.74) is 2.19. The number of nitrogens with one attached hydrogen (secondary N) is 1. The molecule has 0 saturated carbocycles. The molecule has 0 amide bonds. The molecule has 2 heterocycles. The minimum Gasteiger partial charge on any atom is -0.346 e. The van der Waals surface area contributed by atoms with Crippen molar-refractivity contribution in [1.29, 1.82) is 0 Å². The van der Waals surface area contributed by atoms with Crippen molar-refractivity contribution < 1.29 is 8.78 Å². The fourth-order valence-corrected chi connectivity index (χ4v) is 1.45. The van der Waals surface area contributed by atoms with Crippen LogP contribution in [0.25, 0.3) is 11.0 Å². The summed E-state index contributed by atoms with van der Waals surface area (Å²) < 4.78 is 24.2. The number of aryl methyl sites for hydroxylation is 1. The summed E-state index contributed by atoms with van der Waals surface area (Å²) in [5.74, 6) is 0. The molecule has 2 aromatic heterocycles. The van der Waals surface area contributed by atoms with Gasteiger partial charge in [0.1, 0.15) is 5.65 Å². The lowest BCUT2D eigenvalue weighted by molar-refractivity contribution is 0.148. The number of fused-ring (bicyclic) bond motifs is 1. The van der Waals surface area contributed by atoms with E-state index in [2.05, 4.69) is 9.97 Å². The fourth-order valence-electron chi connectivity index (χ4n) is 1.45. The third kappa shape index (κ3) is 1.60. The SMILES string of the molecule is Cc1c[nH]c2nc(CC(F)F)ccc12. The third-order valence-electron chi connectivity index (χ3n) is 2.17. The summed E-state index contributed by atoms with van der Waals surface area (Å²) in [6.45, 7) is 1.95. The predicted octanol–water partition coefficient (Wildman–Crippen LogP) is 2.68. The van der Waals surface area contributed by atoms with Gasteiger partial charge in [-0.1, -0.05) is 0 Å². The second-order valence-corrected chi connectivity index (χ2v) is 3.27. The smallest absolute Gasteiger partial charge is 0.244 e. The number of rotatable bonds is 2. The van der Waals surface area contributed by atoms with Gasteiger partial charge < -0.3 is 4.98 Å². The largest absolute Gasteiger partial charge is 0.346 e. The Morgan fingerprint density at radius 3 is 2.93 bits per heavy atom. The number of aromatic nitrogens is 2. The van der Waals surface area contributed by atoms with Crippen LogP contribution in [-0.4, -0.2) is 16.4 Å². The van der Waals surface area contributed by atoms with Gasteiger partial charge in [0, 0.05) is 17.3 Å². The molecule has 0 aliphatic rings. The van der Waals surface area contributed by atoms with E-state index in [1.807, 2.05) is 19.2 Å². The molecular formula is C10H10F2N2. The monoisotopic (exact) mass is 196 g/mol. The van der Waals surface area contributed by atoms with E-state index in [1.165, 1.54) is 0 Å². The predicted molar refractivity (Wildman–Crippen MR) is 50.5 cm³/mol. The zero-order valence-corrected chi connectivity index (χ0v) is 7.72. The molecule has 1 N–H and O–H groups in total. The first-order chi connectivity index (χ1) is 6.66. The van der Waals surface area contributed by atoms with Crippen molar-refractivity contribution in [2.24, 2.45) is 0 Å². The van der Waals surface area contributed by atoms with Gasteiger partial charge in [0.25, 0.3) is 0 Å². The Hall–Kier alpha value is -1.45. The summed E-state index contributed by atoms with van der Waals surface area (Å²) in [6.07, 6.45) is -0.798. The molecule has 0 radical (unpaired) electrons. The Bertz CT molecular complexity index is 448. The zero-order valence-electron chi connectivity index (χ0n) is 7.72. The number of aromatic amines is 1. The lowest BCUT2D eigenvalue weighted by Gasteiger charge is -1.99. The molecule has 74 valence electrons. The molecule has 0 spiro atoms. The molecule has 0 atom stereocenters. The van der Waals surface area contributed by atoms with Crippen molar-refractivity contribution in [3.63, 3.8) is 0 Å². The van der Waals surface area contributed by atoms with E-state index < -0.39 is 6.43 Å². The maximum Gasteiger partial charge on any atom is 0.244 e. The Morgan fingerprint density at radius 1 is 1.43 bits per heavy atom. The van der Waals surface area contributed by atoms with Gasteiger partial charge in [-0.2, -0.15) is 0 Å². The number of halogens is 2. The molecule has 0 unspecified atom stereocenters. The van der Waals surface area contributed by atoms with Gasteiger partial charge in [-0.05, 0) is 24.6 Å². The van der Waals surface area contributed by atoms with Crippen LogP contribution in [0.15, 0.2) is 18.3 Å². The quantitative estimate of drug-likeness (QED) is 0.785. The van der Waals surface area contributed by atoms with E-state index in [-0.39, 0.29) is 6.42 Å². The highest BCUT2D eigenvalue weighted by atomic mass is 19.3. The molecule has 0 bridgehead atoms. The number of hydrogen-bond acceptors (Lipinski definition) is 1. The van der Waals surface area contributed by atoms with Crippen LogP contribution in [0.1, 0.15) is 11.3 Å². The van der Waals surface area contributed by atoms with Crippen molar-refractivity contribution in [2.75, 3.05) is 0 Å². The number of H-pyrrole nitrogens is 1. The Kier molecular flexibility index (Phi) is 2.19. The first kappa shape index (κ1) is 9.12. The normalized spacial score (nSPS) is 11.4. The van der Waals surface area contributed by atoms with Crippen molar-refractivity contribution in [1.82, 2.24) is 9.97 Å². The average molecular weight is 196 g/mol. The molecule has 2 rings (SSSR count). The van der Waals surface area contributed by atoms with E-state index in [0.29, 0.717) is 11.3 Å². The number of pyridine rings is 1. The van der Waals surface area contributed by atoms with Crippen LogP contribution < -0.4 is 0 Å². The Balaban J connectivity index is 2.42. The molecule has 0 aromatic carbocycles. The van der Waals surface area contributed by atoms with Gasteiger partial charge in [0.15, 0.2) is 0 Å². The zero-order chi connectivity index (χ0) is 10.1. The summed E-state index contributed by atoms with van der Waals surface area (Å²) in [4.78, 5) is 7.05. The summed E-state index contributed by atoms with van der Waals surface area (Å²) >= 11 is 0. The summed E-state index contributed by atoms with van der Waals surface area (Å²) in [7, 11) is 0. The first-order valence-corrected chi connectivity index (χ1v) is 4.38. The third-order valence-corrected chi connectivity index (χ3v) is 2.17. The summed E-state index contributed by atoms with van der Waals surface area (Å²) in [5, 5.41) is 0.989. The van der Waals surface area contributed by atoms with E-state index in [9.17, 15) is 8.78 Å². The first-order valence-electron chi connectivity index (χ1n) is 4.38. The van der Waals surface area contributed by atoms with Crippen LogP contribution in [0.2, 0.25) is 0 Å². The second kappa shape index (κ2) is 3.36. The highest BCUT2D eigenvalue weighted by Crippen LogP contribution is 2.16. The standard InChI is InChI=1S/C10H10F2N2/c1-6-5-13-10-8(6)3-2-7(14-10)4-9(11)12/h2-3,5,9H,4H2,1H3,(H,13,14). The van der Waals surface area contributed by atoms with Gasteiger partial charge in [-0.25, -0.2) is 13.8 Å². The maximum absolute atomic E-state index is 12.1. The molecule has 14 heavy (non-hydrogen) atoms. The minimum absolute atomic E-state index is 0.284. The molecule has 0 fully saturated rings. The molecule has 2 nitrogen and oxygen atoms in total. The van der Waals surface area contributed by atoms with E-state index in [1.54, 1.807) is 6.07 Å².